The van der Waals surface area contributed by atoms with E-state index in [9.17, 15) is 24.0 Å². The zero-order valence-electron chi connectivity index (χ0n) is 17.0. The lowest BCUT2D eigenvalue weighted by Crippen LogP contribution is -2.56. The smallest absolute Gasteiger partial charge is 0.326 e. The van der Waals surface area contributed by atoms with E-state index >= 15 is 0 Å². The molecule has 1 heterocycles. The van der Waals surface area contributed by atoms with Gasteiger partial charge in [-0.15, -0.1) is 0 Å². The molecule has 1 aliphatic heterocycles. The average molecular weight is 413 g/mol. The van der Waals surface area contributed by atoms with Crippen molar-refractivity contribution in [2.24, 2.45) is 11.7 Å². The van der Waals surface area contributed by atoms with Gasteiger partial charge in [-0.25, -0.2) is 4.79 Å². The summed E-state index contributed by atoms with van der Waals surface area (Å²) in [5.74, 6) is -3.87. The molecule has 1 saturated heterocycles. The van der Waals surface area contributed by atoms with Crippen LogP contribution in [0.15, 0.2) is 0 Å². The molecule has 29 heavy (non-hydrogen) atoms. The van der Waals surface area contributed by atoms with Gasteiger partial charge in [0.15, 0.2) is 0 Å². The second-order valence-corrected chi connectivity index (χ2v) is 7.64. The van der Waals surface area contributed by atoms with Gasteiger partial charge in [0.2, 0.25) is 23.6 Å². The van der Waals surface area contributed by atoms with Crippen molar-refractivity contribution in [2.45, 2.75) is 70.6 Å². The third-order valence-electron chi connectivity index (χ3n) is 4.49. The molecule has 0 radical (unpaired) electrons. The third kappa shape index (κ3) is 8.46. The van der Waals surface area contributed by atoms with E-state index in [0.29, 0.717) is 6.42 Å². The summed E-state index contributed by atoms with van der Waals surface area (Å²) in [6.07, 6.45) is 1.25. The van der Waals surface area contributed by atoms with E-state index in [1.54, 1.807) is 0 Å². The lowest BCUT2D eigenvalue weighted by atomic mass is 10.0. The summed E-state index contributed by atoms with van der Waals surface area (Å²) in [6, 6.07) is -3.74. The molecule has 164 valence electrons. The van der Waals surface area contributed by atoms with Crippen LogP contribution in [0.2, 0.25) is 0 Å². The number of carboxylic acid groups (broad SMARTS) is 1. The van der Waals surface area contributed by atoms with Crippen molar-refractivity contribution in [3.8, 4) is 0 Å². The van der Waals surface area contributed by atoms with Crippen LogP contribution in [-0.2, 0) is 24.0 Å². The highest BCUT2D eigenvalue weighted by atomic mass is 16.4. The normalized spacial score (nSPS) is 19.1. The number of carbonyl (C=O) groups excluding carboxylic acids is 4. The van der Waals surface area contributed by atoms with Crippen molar-refractivity contribution < 1.29 is 29.1 Å². The summed E-state index contributed by atoms with van der Waals surface area (Å²) in [7, 11) is 0. The first kappa shape index (κ1) is 24.3. The predicted octanol–water partition coefficient (Wildman–Crippen LogP) is -1.78. The number of primary amides is 1. The van der Waals surface area contributed by atoms with Crippen LogP contribution in [0.25, 0.3) is 0 Å². The number of carboxylic acids is 1. The molecule has 4 amide bonds. The lowest BCUT2D eigenvalue weighted by molar-refractivity contribution is -0.143. The van der Waals surface area contributed by atoms with Crippen molar-refractivity contribution in [3.63, 3.8) is 0 Å². The van der Waals surface area contributed by atoms with Crippen LogP contribution in [-0.4, -0.2) is 65.4 Å². The molecule has 4 unspecified atom stereocenters. The number of hydrogen-bond acceptors (Lipinski definition) is 6. The maximum absolute atomic E-state index is 12.5. The molecule has 0 aromatic carbocycles. The van der Waals surface area contributed by atoms with Crippen LogP contribution in [0.1, 0.15) is 46.5 Å². The number of carbonyl (C=O) groups is 5. The molecule has 4 atom stereocenters. The zero-order chi connectivity index (χ0) is 22.1. The molecule has 0 bridgehead atoms. The molecule has 0 aliphatic carbocycles. The maximum Gasteiger partial charge on any atom is 0.326 e. The lowest BCUT2D eigenvalue weighted by Gasteiger charge is -2.24. The maximum atomic E-state index is 12.5. The Morgan fingerprint density at radius 2 is 1.66 bits per heavy atom. The number of nitrogens with one attached hydrogen (secondary N) is 4. The molecule has 0 aromatic rings. The quantitative estimate of drug-likeness (QED) is 0.231. The fraction of sp³-hybridized carbons (Fsp3) is 0.722. The standard InChI is InChI=1S/C18H31N5O6/c1-9(2)7-12(17(27)23-13(18(28)29)8-14(19)24)22-15(25)10(3)21-16(26)11-5-4-6-20-11/h9-13,20H,4-8H2,1-3H3,(H2,19,24)(H,21,26)(H,22,25)(H,23,27)(H,28,29). The van der Waals surface area contributed by atoms with E-state index in [1.165, 1.54) is 6.92 Å². The second kappa shape index (κ2) is 11.3. The highest BCUT2D eigenvalue weighted by Gasteiger charge is 2.30. The second-order valence-electron chi connectivity index (χ2n) is 7.64. The van der Waals surface area contributed by atoms with Gasteiger partial charge in [0, 0.05) is 0 Å². The van der Waals surface area contributed by atoms with Gasteiger partial charge in [0.25, 0.3) is 0 Å². The van der Waals surface area contributed by atoms with Gasteiger partial charge in [0.1, 0.15) is 18.1 Å². The van der Waals surface area contributed by atoms with E-state index < -0.39 is 48.2 Å². The summed E-state index contributed by atoms with van der Waals surface area (Å²) >= 11 is 0. The molecule has 11 nitrogen and oxygen atoms in total. The van der Waals surface area contributed by atoms with Crippen LogP contribution in [0.3, 0.4) is 0 Å². The summed E-state index contributed by atoms with van der Waals surface area (Å²) in [5.41, 5.74) is 5.01. The van der Waals surface area contributed by atoms with Gasteiger partial charge < -0.3 is 32.1 Å². The minimum absolute atomic E-state index is 0.0121. The molecule has 11 heteroatoms. The minimum atomic E-state index is -1.49. The first-order valence-electron chi connectivity index (χ1n) is 9.66. The highest BCUT2D eigenvalue weighted by molar-refractivity contribution is 5.94. The number of amides is 4. The molecule has 0 saturated carbocycles. The van der Waals surface area contributed by atoms with Crippen molar-refractivity contribution in [3.05, 3.63) is 0 Å². The average Bonchev–Trinajstić information content (AvgIpc) is 3.14. The van der Waals surface area contributed by atoms with Crippen LogP contribution in [0, 0.1) is 5.92 Å². The third-order valence-corrected chi connectivity index (χ3v) is 4.49. The van der Waals surface area contributed by atoms with E-state index in [2.05, 4.69) is 21.3 Å². The number of hydrogen-bond donors (Lipinski definition) is 6. The Morgan fingerprint density at radius 3 is 2.14 bits per heavy atom. The molecule has 1 rings (SSSR count). The van der Waals surface area contributed by atoms with Gasteiger partial charge in [0.05, 0.1) is 12.5 Å². The van der Waals surface area contributed by atoms with Gasteiger partial charge in [-0.05, 0) is 38.6 Å². The van der Waals surface area contributed by atoms with Crippen LogP contribution in [0.4, 0.5) is 0 Å². The van der Waals surface area contributed by atoms with Crippen molar-refractivity contribution in [1.82, 2.24) is 21.3 Å². The summed E-state index contributed by atoms with van der Waals surface area (Å²) in [5, 5.41) is 19.6. The van der Waals surface area contributed by atoms with Gasteiger partial charge in [-0.2, -0.15) is 0 Å². The molecule has 1 fully saturated rings. The Labute approximate surface area is 169 Å². The fourth-order valence-electron chi connectivity index (χ4n) is 2.96. The predicted molar refractivity (Wildman–Crippen MR) is 103 cm³/mol. The van der Waals surface area contributed by atoms with Crippen LogP contribution < -0.4 is 27.0 Å². The molecule has 7 N–H and O–H groups in total. The van der Waals surface area contributed by atoms with E-state index in [1.807, 2.05) is 13.8 Å². The largest absolute Gasteiger partial charge is 0.480 e. The fourth-order valence-corrected chi connectivity index (χ4v) is 2.96. The van der Waals surface area contributed by atoms with Gasteiger partial charge in [-0.3, -0.25) is 19.2 Å². The van der Waals surface area contributed by atoms with Gasteiger partial charge >= 0.3 is 5.97 Å². The Hall–Kier alpha value is -2.69. The van der Waals surface area contributed by atoms with Gasteiger partial charge in [-0.1, -0.05) is 13.8 Å². The zero-order valence-corrected chi connectivity index (χ0v) is 17.0. The number of rotatable bonds is 11. The van der Waals surface area contributed by atoms with Crippen molar-refractivity contribution in [1.29, 1.82) is 0 Å². The summed E-state index contributed by atoms with van der Waals surface area (Å²) in [4.78, 5) is 59.4. The summed E-state index contributed by atoms with van der Waals surface area (Å²) < 4.78 is 0. The van der Waals surface area contributed by atoms with E-state index in [0.717, 1.165) is 13.0 Å². The Kier molecular flexibility index (Phi) is 9.53. The van der Waals surface area contributed by atoms with Crippen molar-refractivity contribution >= 4 is 29.6 Å². The number of nitrogens with two attached hydrogens (primary N) is 1. The highest BCUT2D eigenvalue weighted by Crippen LogP contribution is 2.08. The minimum Gasteiger partial charge on any atom is -0.480 e. The Bertz CT molecular complexity index is 632. The molecule has 1 aliphatic rings. The molecular weight excluding hydrogens is 382 g/mol. The summed E-state index contributed by atoms with van der Waals surface area (Å²) in [6.45, 7) is 5.91. The first-order chi connectivity index (χ1) is 13.5. The first-order valence-corrected chi connectivity index (χ1v) is 9.66. The molecule has 0 spiro atoms. The van der Waals surface area contributed by atoms with Crippen LogP contribution in [0.5, 0.6) is 0 Å². The van der Waals surface area contributed by atoms with E-state index in [-0.39, 0.29) is 24.3 Å². The van der Waals surface area contributed by atoms with E-state index in [4.69, 9.17) is 10.8 Å². The Morgan fingerprint density at radius 1 is 1.03 bits per heavy atom. The molecule has 0 aromatic heterocycles. The SMILES string of the molecule is CC(C)CC(NC(=O)C(C)NC(=O)C1CCCN1)C(=O)NC(CC(N)=O)C(=O)O. The monoisotopic (exact) mass is 413 g/mol. The Balaban J connectivity index is 2.73. The number of aliphatic carboxylic acids is 1. The van der Waals surface area contributed by atoms with Crippen LogP contribution >= 0.6 is 0 Å². The topological polar surface area (TPSA) is 180 Å². The molecular formula is C18H31N5O6. The van der Waals surface area contributed by atoms with Crippen molar-refractivity contribution in [2.75, 3.05) is 6.54 Å².